The number of aromatic nitrogens is 4. The molecule has 5 aromatic rings. The van der Waals surface area contributed by atoms with E-state index in [2.05, 4.69) is 34.2 Å². The number of hydrogen-bond acceptors (Lipinski definition) is 5. The van der Waals surface area contributed by atoms with Crippen molar-refractivity contribution in [3.8, 4) is 11.4 Å². The van der Waals surface area contributed by atoms with Crippen molar-refractivity contribution in [2.75, 3.05) is 24.5 Å². The van der Waals surface area contributed by atoms with Crippen LogP contribution in [0.1, 0.15) is 22.8 Å². The molecule has 2 aromatic heterocycles. The number of para-hydroxylation sites is 1. The van der Waals surface area contributed by atoms with E-state index < -0.39 is 5.82 Å². The van der Waals surface area contributed by atoms with Crippen molar-refractivity contribution in [1.29, 1.82) is 0 Å². The van der Waals surface area contributed by atoms with Crippen LogP contribution in [-0.4, -0.2) is 56.1 Å². The van der Waals surface area contributed by atoms with Crippen molar-refractivity contribution in [3.63, 3.8) is 0 Å². The van der Waals surface area contributed by atoms with E-state index >= 15 is 0 Å². The zero-order valence-electron chi connectivity index (χ0n) is 20.1. The maximum atomic E-state index is 14.3. The highest BCUT2D eigenvalue weighted by atomic mass is 19.1. The van der Waals surface area contributed by atoms with Gasteiger partial charge in [-0.2, -0.15) is 0 Å². The van der Waals surface area contributed by atoms with Gasteiger partial charge in [0.2, 0.25) is 5.95 Å². The van der Waals surface area contributed by atoms with E-state index in [-0.39, 0.29) is 17.5 Å². The number of carbonyl (C=O) groups is 1. The van der Waals surface area contributed by atoms with Gasteiger partial charge in [0.05, 0.1) is 11.1 Å². The molecule has 0 radical (unpaired) electrons. The van der Waals surface area contributed by atoms with Gasteiger partial charge in [-0.05, 0) is 38.1 Å². The third kappa shape index (κ3) is 3.66. The largest absolute Gasteiger partial charge is 0.338 e. The lowest BCUT2D eigenvalue weighted by Gasteiger charge is -2.40. The predicted molar refractivity (Wildman–Crippen MR) is 138 cm³/mol. The predicted octanol–water partition coefficient (Wildman–Crippen LogP) is 4.74. The zero-order chi connectivity index (χ0) is 24.8. The molecule has 1 aliphatic heterocycles. The van der Waals surface area contributed by atoms with E-state index in [4.69, 9.17) is 4.98 Å². The minimum atomic E-state index is -0.498. The molecule has 3 aromatic carbocycles. The minimum absolute atomic E-state index is 0.101. The average molecular weight is 481 g/mol. The Hall–Kier alpha value is -4.33. The SMILES string of the molecule is Cc1ccc(-c2nnc3c4ccccc4nc(N4CCN(C(=O)c5ccccc5F)C(C)C4)n23)cc1. The fourth-order valence-corrected chi connectivity index (χ4v) is 4.90. The van der Waals surface area contributed by atoms with Gasteiger partial charge in [-0.15, -0.1) is 10.2 Å². The first-order chi connectivity index (χ1) is 17.5. The molecule has 7 nitrogen and oxygen atoms in total. The number of nitrogens with zero attached hydrogens (tertiary/aromatic N) is 6. The Morgan fingerprint density at radius 3 is 2.47 bits per heavy atom. The van der Waals surface area contributed by atoms with Crippen molar-refractivity contribution in [2.45, 2.75) is 19.9 Å². The smallest absolute Gasteiger partial charge is 0.257 e. The molecule has 180 valence electrons. The van der Waals surface area contributed by atoms with Gasteiger partial charge in [0.25, 0.3) is 5.91 Å². The van der Waals surface area contributed by atoms with Crippen molar-refractivity contribution in [2.24, 2.45) is 0 Å². The van der Waals surface area contributed by atoms with E-state index in [0.29, 0.717) is 19.6 Å². The lowest BCUT2D eigenvalue weighted by Crippen LogP contribution is -2.54. The second-order valence-electron chi connectivity index (χ2n) is 9.25. The quantitative estimate of drug-likeness (QED) is 0.373. The Labute approximate surface area is 207 Å². The molecule has 0 N–H and O–H groups in total. The summed E-state index contributed by atoms with van der Waals surface area (Å²) in [7, 11) is 0. The second kappa shape index (κ2) is 8.71. The lowest BCUT2D eigenvalue weighted by atomic mass is 10.1. The molecule has 1 unspecified atom stereocenters. The third-order valence-electron chi connectivity index (χ3n) is 6.81. The van der Waals surface area contributed by atoms with Gasteiger partial charge < -0.3 is 9.80 Å². The number of piperazine rings is 1. The number of halogens is 1. The van der Waals surface area contributed by atoms with Crippen molar-refractivity contribution < 1.29 is 9.18 Å². The van der Waals surface area contributed by atoms with Gasteiger partial charge in [-0.1, -0.05) is 54.1 Å². The maximum absolute atomic E-state index is 14.3. The standard InChI is InChI=1S/C28H25FN6O/c1-18-11-13-20(14-12-18)25-31-32-26-22-8-4-6-10-24(22)30-28(35(25)26)33-15-16-34(19(2)17-33)27(36)21-7-3-5-9-23(21)29/h3-14,19H,15-17H2,1-2H3. The molecule has 8 heteroatoms. The summed E-state index contributed by atoms with van der Waals surface area (Å²) in [4.78, 5) is 22.0. The van der Waals surface area contributed by atoms with Crippen LogP contribution in [0, 0.1) is 12.7 Å². The number of benzene rings is 3. The Morgan fingerprint density at radius 2 is 1.69 bits per heavy atom. The topological polar surface area (TPSA) is 66.6 Å². The molecule has 1 amide bonds. The van der Waals surface area contributed by atoms with Crippen molar-refractivity contribution in [3.05, 3.63) is 89.7 Å². The van der Waals surface area contributed by atoms with Crippen LogP contribution in [0.2, 0.25) is 0 Å². The van der Waals surface area contributed by atoms with E-state index in [9.17, 15) is 9.18 Å². The second-order valence-corrected chi connectivity index (χ2v) is 9.25. The first-order valence-electron chi connectivity index (χ1n) is 12.0. The highest BCUT2D eigenvalue weighted by Gasteiger charge is 2.31. The molecule has 6 rings (SSSR count). The summed E-state index contributed by atoms with van der Waals surface area (Å²) in [5.74, 6) is 0.661. The number of amides is 1. The van der Waals surface area contributed by atoms with E-state index in [1.165, 1.54) is 17.7 Å². The highest BCUT2D eigenvalue weighted by molar-refractivity contribution is 5.95. The number of anilines is 1. The fourth-order valence-electron chi connectivity index (χ4n) is 4.90. The average Bonchev–Trinajstić information content (AvgIpc) is 3.34. The summed E-state index contributed by atoms with van der Waals surface area (Å²) in [6, 6.07) is 22.1. The van der Waals surface area contributed by atoms with Crippen LogP contribution < -0.4 is 4.90 Å². The molecule has 3 heterocycles. The molecule has 1 saturated heterocycles. The minimum Gasteiger partial charge on any atom is -0.338 e. The molecule has 0 spiro atoms. The monoisotopic (exact) mass is 480 g/mol. The van der Waals surface area contributed by atoms with E-state index in [1.54, 1.807) is 17.0 Å². The molecule has 36 heavy (non-hydrogen) atoms. The number of aryl methyl sites for hydroxylation is 1. The number of carbonyl (C=O) groups excluding carboxylic acids is 1. The highest BCUT2D eigenvalue weighted by Crippen LogP contribution is 2.30. The number of hydrogen-bond donors (Lipinski definition) is 0. The van der Waals surface area contributed by atoms with Crippen molar-refractivity contribution >= 4 is 28.4 Å². The van der Waals surface area contributed by atoms with Crippen LogP contribution >= 0.6 is 0 Å². The summed E-state index contributed by atoms with van der Waals surface area (Å²) >= 11 is 0. The molecular formula is C28H25FN6O. The van der Waals surface area contributed by atoms with Crippen LogP contribution in [-0.2, 0) is 0 Å². The summed E-state index contributed by atoms with van der Waals surface area (Å²) in [5.41, 5.74) is 3.79. The van der Waals surface area contributed by atoms with Gasteiger partial charge in [0.1, 0.15) is 5.82 Å². The Balaban J connectivity index is 1.41. The van der Waals surface area contributed by atoms with Crippen LogP contribution in [0.3, 0.4) is 0 Å². The summed E-state index contributed by atoms with van der Waals surface area (Å²) in [6.45, 7) is 5.58. The Kier molecular flexibility index (Phi) is 5.36. The normalized spacial score (nSPS) is 16.1. The molecule has 1 fully saturated rings. The van der Waals surface area contributed by atoms with Gasteiger partial charge in [0, 0.05) is 36.6 Å². The van der Waals surface area contributed by atoms with E-state index in [1.807, 2.05) is 47.7 Å². The Bertz CT molecular complexity index is 1600. The number of fused-ring (bicyclic) bond motifs is 3. The molecule has 0 aliphatic carbocycles. The zero-order valence-corrected chi connectivity index (χ0v) is 20.1. The van der Waals surface area contributed by atoms with Gasteiger partial charge in [-0.25, -0.2) is 13.8 Å². The molecule has 0 saturated carbocycles. The molecule has 0 bridgehead atoms. The summed E-state index contributed by atoms with van der Waals surface area (Å²) in [5, 5.41) is 10.0. The van der Waals surface area contributed by atoms with Gasteiger partial charge in [-0.3, -0.25) is 4.79 Å². The first kappa shape index (κ1) is 22.2. The summed E-state index contributed by atoms with van der Waals surface area (Å²) in [6.07, 6.45) is 0. The number of rotatable bonds is 3. The molecular weight excluding hydrogens is 455 g/mol. The van der Waals surface area contributed by atoms with Gasteiger partial charge in [0.15, 0.2) is 11.5 Å². The third-order valence-corrected chi connectivity index (χ3v) is 6.81. The van der Waals surface area contributed by atoms with E-state index in [0.717, 1.165) is 33.9 Å². The Morgan fingerprint density at radius 1 is 0.944 bits per heavy atom. The summed E-state index contributed by atoms with van der Waals surface area (Å²) < 4.78 is 16.3. The van der Waals surface area contributed by atoms with Gasteiger partial charge >= 0.3 is 0 Å². The first-order valence-corrected chi connectivity index (χ1v) is 12.0. The molecule has 1 aliphatic rings. The van der Waals surface area contributed by atoms with Crippen molar-refractivity contribution in [1.82, 2.24) is 24.5 Å². The van der Waals surface area contributed by atoms with Crippen LogP contribution in [0.15, 0.2) is 72.8 Å². The maximum Gasteiger partial charge on any atom is 0.257 e. The van der Waals surface area contributed by atoms with Crippen LogP contribution in [0.4, 0.5) is 10.3 Å². The lowest BCUT2D eigenvalue weighted by molar-refractivity contribution is 0.0668. The molecule has 1 atom stereocenters. The fraction of sp³-hybridized carbons (Fsp3) is 0.214. The van der Waals surface area contributed by atoms with Crippen LogP contribution in [0.25, 0.3) is 27.9 Å². The van der Waals surface area contributed by atoms with Crippen LogP contribution in [0.5, 0.6) is 0 Å².